The van der Waals surface area contributed by atoms with Crippen molar-refractivity contribution < 1.29 is 14.3 Å². The maximum Gasteiger partial charge on any atom is 0.255 e. The molecule has 4 rings (SSSR count). The van der Waals surface area contributed by atoms with Gasteiger partial charge in [-0.2, -0.15) is 0 Å². The van der Waals surface area contributed by atoms with E-state index in [0.717, 1.165) is 44.8 Å². The topological polar surface area (TPSA) is 61.9 Å². The Labute approximate surface area is 198 Å². The lowest BCUT2D eigenvalue weighted by atomic mass is 10.1. The molecule has 32 heavy (non-hydrogen) atoms. The quantitative estimate of drug-likeness (QED) is 0.624. The van der Waals surface area contributed by atoms with Crippen LogP contribution in [0.4, 0.5) is 0 Å². The van der Waals surface area contributed by atoms with Crippen molar-refractivity contribution in [3.05, 3.63) is 70.7 Å². The molecule has 2 unspecified atom stereocenters. The normalized spacial score (nSPS) is 21.5. The molecule has 0 saturated carbocycles. The molecule has 0 spiro atoms. The fraction of sp³-hybridized carbons (Fsp3) is 0.417. The van der Waals surface area contributed by atoms with E-state index in [0.29, 0.717) is 22.9 Å². The summed E-state index contributed by atoms with van der Waals surface area (Å²) in [4.78, 5) is 30.6. The Hall–Kier alpha value is -2.06. The predicted octanol–water partition coefficient (Wildman–Crippen LogP) is 3.43. The number of rotatable bonds is 7. The summed E-state index contributed by atoms with van der Waals surface area (Å²) >= 11 is 8.04. The highest BCUT2D eigenvalue weighted by Crippen LogP contribution is 2.44. The summed E-state index contributed by atoms with van der Waals surface area (Å²) in [7, 11) is 0. The summed E-state index contributed by atoms with van der Waals surface area (Å²) in [6.07, 6.45) is 0.867. The Morgan fingerprint density at radius 1 is 1.06 bits per heavy atom. The molecule has 0 bridgehead atoms. The smallest absolute Gasteiger partial charge is 0.255 e. The first-order valence-corrected chi connectivity index (χ1v) is 12.4. The number of hydrogen-bond donors (Lipinski definition) is 1. The number of benzene rings is 2. The van der Waals surface area contributed by atoms with Crippen LogP contribution in [0.3, 0.4) is 0 Å². The Kier molecular flexibility index (Phi) is 8.08. The number of morpholine rings is 1. The lowest BCUT2D eigenvalue weighted by molar-refractivity contribution is -0.124. The van der Waals surface area contributed by atoms with E-state index >= 15 is 0 Å². The molecule has 0 radical (unpaired) electrons. The molecule has 2 heterocycles. The van der Waals surface area contributed by atoms with E-state index in [2.05, 4.69) is 10.2 Å². The van der Waals surface area contributed by atoms with Gasteiger partial charge in [-0.3, -0.25) is 14.5 Å². The van der Waals surface area contributed by atoms with Gasteiger partial charge in [0.2, 0.25) is 5.91 Å². The van der Waals surface area contributed by atoms with E-state index in [1.165, 1.54) is 0 Å². The molecule has 8 heteroatoms. The van der Waals surface area contributed by atoms with Crippen LogP contribution >= 0.6 is 23.4 Å². The molecule has 2 amide bonds. The van der Waals surface area contributed by atoms with Crippen molar-refractivity contribution >= 4 is 35.2 Å². The molecule has 2 aromatic rings. The van der Waals surface area contributed by atoms with Crippen LogP contribution < -0.4 is 5.32 Å². The van der Waals surface area contributed by atoms with Gasteiger partial charge in [-0.05, 0) is 31.2 Å². The highest BCUT2D eigenvalue weighted by molar-refractivity contribution is 7.99. The molecule has 2 fully saturated rings. The predicted molar refractivity (Wildman–Crippen MR) is 128 cm³/mol. The summed E-state index contributed by atoms with van der Waals surface area (Å²) in [6, 6.07) is 16.1. The van der Waals surface area contributed by atoms with Gasteiger partial charge >= 0.3 is 0 Å². The van der Waals surface area contributed by atoms with Gasteiger partial charge in [-0.25, -0.2) is 0 Å². The molecule has 2 aliphatic heterocycles. The first-order chi connectivity index (χ1) is 15.6. The molecule has 6 nitrogen and oxygen atoms in total. The van der Waals surface area contributed by atoms with Crippen LogP contribution in [0.15, 0.2) is 54.6 Å². The van der Waals surface area contributed by atoms with Gasteiger partial charge in [-0.15, -0.1) is 11.8 Å². The van der Waals surface area contributed by atoms with Crippen LogP contribution in [0.25, 0.3) is 0 Å². The van der Waals surface area contributed by atoms with Crippen molar-refractivity contribution in [2.24, 2.45) is 0 Å². The summed E-state index contributed by atoms with van der Waals surface area (Å²) < 4.78 is 5.38. The van der Waals surface area contributed by atoms with E-state index < -0.39 is 6.04 Å². The van der Waals surface area contributed by atoms with Gasteiger partial charge in [0.25, 0.3) is 5.91 Å². The second-order valence-electron chi connectivity index (χ2n) is 7.90. The molecule has 2 aliphatic rings. The third kappa shape index (κ3) is 5.46. The van der Waals surface area contributed by atoms with Gasteiger partial charge in [0.1, 0.15) is 11.4 Å². The Bertz CT molecular complexity index is 924. The van der Waals surface area contributed by atoms with Gasteiger partial charge < -0.3 is 15.0 Å². The van der Waals surface area contributed by atoms with Crippen molar-refractivity contribution in [2.75, 3.05) is 45.1 Å². The number of halogens is 1. The zero-order valence-corrected chi connectivity index (χ0v) is 19.5. The Morgan fingerprint density at radius 3 is 2.53 bits per heavy atom. The number of thioether (sulfide) groups is 1. The zero-order chi connectivity index (χ0) is 22.3. The van der Waals surface area contributed by atoms with Crippen LogP contribution in [-0.2, 0) is 9.53 Å². The van der Waals surface area contributed by atoms with Crippen molar-refractivity contribution in [1.82, 2.24) is 15.1 Å². The van der Waals surface area contributed by atoms with Crippen LogP contribution in [-0.4, -0.2) is 72.8 Å². The minimum Gasteiger partial charge on any atom is -0.379 e. The van der Waals surface area contributed by atoms with Crippen LogP contribution in [0.1, 0.15) is 27.7 Å². The monoisotopic (exact) mass is 473 g/mol. The van der Waals surface area contributed by atoms with Gasteiger partial charge in [0.05, 0.1) is 13.2 Å². The van der Waals surface area contributed by atoms with Gasteiger partial charge in [-0.1, -0.05) is 48.0 Å². The Balaban J connectivity index is 1.45. The SMILES string of the molecule is O=C(NCCCN1CCOCC1)C1CSC(c2ccccc2Cl)N1C(=O)c1ccccc1. The van der Waals surface area contributed by atoms with E-state index in [9.17, 15) is 9.59 Å². The summed E-state index contributed by atoms with van der Waals surface area (Å²) in [5.41, 5.74) is 1.42. The summed E-state index contributed by atoms with van der Waals surface area (Å²) in [5.74, 6) is 0.260. The zero-order valence-electron chi connectivity index (χ0n) is 17.9. The first kappa shape index (κ1) is 23.1. The van der Waals surface area contributed by atoms with E-state index in [-0.39, 0.29) is 17.2 Å². The summed E-state index contributed by atoms with van der Waals surface area (Å²) in [5, 5.41) is 3.34. The van der Waals surface area contributed by atoms with Crippen LogP contribution in [0.5, 0.6) is 0 Å². The molecular formula is C24H28ClN3O3S. The average Bonchev–Trinajstić information content (AvgIpc) is 3.28. The molecule has 1 N–H and O–H groups in total. The third-order valence-corrected chi connectivity index (χ3v) is 7.43. The van der Waals surface area contributed by atoms with E-state index in [4.69, 9.17) is 16.3 Å². The minimum absolute atomic E-state index is 0.113. The second-order valence-corrected chi connectivity index (χ2v) is 9.42. The second kappa shape index (κ2) is 11.2. The summed E-state index contributed by atoms with van der Waals surface area (Å²) in [6.45, 7) is 4.93. The molecule has 0 aromatic heterocycles. The van der Waals surface area contributed by atoms with Crippen molar-refractivity contribution in [3.63, 3.8) is 0 Å². The number of nitrogens with zero attached hydrogens (tertiary/aromatic N) is 2. The molecule has 2 atom stereocenters. The maximum absolute atomic E-state index is 13.5. The molecule has 2 saturated heterocycles. The van der Waals surface area contributed by atoms with Crippen LogP contribution in [0.2, 0.25) is 5.02 Å². The number of hydrogen-bond acceptors (Lipinski definition) is 5. The van der Waals surface area contributed by atoms with Crippen molar-refractivity contribution in [3.8, 4) is 0 Å². The van der Waals surface area contributed by atoms with Gasteiger partial charge in [0.15, 0.2) is 0 Å². The fourth-order valence-corrected chi connectivity index (χ4v) is 5.83. The van der Waals surface area contributed by atoms with E-state index in [1.807, 2.05) is 42.5 Å². The number of amides is 2. The number of ether oxygens (including phenoxy) is 1. The lowest BCUT2D eigenvalue weighted by Gasteiger charge is -2.30. The van der Waals surface area contributed by atoms with Gasteiger partial charge in [0, 0.05) is 41.5 Å². The molecule has 2 aromatic carbocycles. The first-order valence-electron chi connectivity index (χ1n) is 11.0. The fourth-order valence-electron chi connectivity index (χ4n) is 4.06. The van der Waals surface area contributed by atoms with Crippen molar-refractivity contribution in [2.45, 2.75) is 17.8 Å². The largest absolute Gasteiger partial charge is 0.379 e. The highest BCUT2D eigenvalue weighted by Gasteiger charge is 2.43. The van der Waals surface area contributed by atoms with Crippen molar-refractivity contribution in [1.29, 1.82) is 0 Å². The highest BCUT2D eigenvalue weighted by atomic mass is 35.5. The lowest BCUT2D eigenvalue weighted by Crippen LogP contribution is -2.48. The van der Waals surface area contributed by atoms with Crippen LogP contribution in [0, 0.1) is 0 Å². The molecule has 170 valence electrons. The number of nitrogens with one attached hydrogen (secondary N) is 1. The standard InChI is InChI=1S/C24H28ClN3O3S/c25-20-10-5-4-9-19(20)24-28(23(30)18-7-2-1-3-8-18)21(17-32-24)22(29)26-11-6-12-27-13-15-31-16-14-27/h1-5,7-10,21,24H,6,11-17H2,(H,26,29). The third-order valence-electron chi connectivity index (χ3n) is 5.78. The molecular weight excluding hydrogens is 446 g/mol. The van der Waals surface area contributed by atoms with E-state index in [1.54, 1.807) is 28.8 Å². The Morgan fingerprint density at radius 2 is 1.78 bits per heavy atom. The maximum atomic E-state index is 13.5. The molecule has 0 aliphatic carbocycles. The number of carbonyl (C=O) groups is 2. The minimum atomic E-state index is -0.544. The average molecular weight is 474 g/mol. The number of carbonyl (C=O) groups excluding carboxylic acids is 2.